The molecule has 0 spiro atoms. The lowest BCUT2D eigenvalue weighted by molar-refractivity contribution is -0.116. The second-order valence-corrected chi connectivity index (χ2v) is 9.14. The summed E-state index contributed by atoms with van der Waals surface area (Å²) < 4.78 is 0. The first-order chi connectivity index (χ1) is 11.8. The molecule has 2 aliphatic heterocycles. The van der Waals surface area contributed by atoms with Gasteiger partial charge in [0.25, 0.3) is 5.91 Å². The Bertz CT molecular complexity index is 665. The molecule has 0 bridgehead atoms. The van der Waals surface area contributed by atoms with E-state index in [4.69, 9.17) is 0 Å². The van der Waals surface area contributed by atoms with E-state index in [1.165, 1.54) is 55.5 Å². The number of likely N-dealkylation sites (tertiary alicyclic amines) is 1. The van der Waals surface area contributed by atoms with E-state index in [1.54, 1.807) is 22.2 Å². The van der Waals surface area contributed by atoms with Crippen molar-refractivity contribution < 1.29 is 4.79 Å². The zero-order valence-corrected chi connectivity index (χ0v) is 16.0. The summed E-state index contributed by atoms with van der Waals surface area (Å²) in [7, 11) is 0. The zero-order chi connectivity index (χ0) is 16.5. The molecule has 4 rings (SSSR count). The molecule has 1 N–H and O–H groups in total. The van der Waals surface area contributed by atoms with Gasteiger partial charge >= 0.3 is 0 Å². The fraction of sp³-hybridized carbons (Fsp3) is 0.632. The Morgan fingerprint density at radius 1 is 1.29 bits per heavy atom. The Hall–Kier alpha value is -0.780. The molecule has 3 nitrogen and oxygen atoms in total. The normalized spacial score (nSPS) is 23.5. The molecule has 0 saturated carbocycles. The first kappa shape index (κ1) is 16.7. The fourth-order valence-electron chi connectivity index (χ4n) is 4.21. The van der Waals surface area contributed by atoms with Crippen LogP contribution >= 0.6 is 23.1 Å². The molecule has 0 aromatic carbocycles. The topological polar surface area (TPSA) is 32.3 Å². The molecule has 0 radical (unpaired) electrons. The minimum atomic E-state index is 0.125. The van der Waals surface area contributed by atoms with E-state index >= 15 is 0 Å². The number of hydrogen-bond acceptors (Lipinski definition) is 4. The molecule has 1 aromatic heterocycles. The highest BCUT2D eigenvalue weighted by Gasteiger charge is 2.27. The van der Waals surface area contributed by atoms with Crippen LogP contribution in [0.2, 0.25) is 0 Å². The quantitative estimate of drug-likeness (QED) is 0.884. The number of nitrogens with one attached hydrogen (secondary N) is 1. The molecular weight excluding hydrogens is 336 g/mol. The molecule has 3 heterocycles. The summed E-state index contributed by atoms with van der Waals surface area (Å²) in [6.45, 7) is 5.26. The molecule has 1 unspecified atom stereocenters. The summed E-state index contributed by atoms with van der Waals surface area (Å²) in [5.74, 6) is 1.10. The van der Waals surface area contributed by atoms with Gasteiger partial charge in [-0.1, -0.05) is 6.92 Å². The smallest absolute Gasteiger partial charge is 0.257 e. The van der Waals surface area contributed by atoms with E-state index in [1.807, 2.05) is 11.3 Å². The predicted molar refractivity (Wildman–Crippen MR) is 104 cm³/mol. The number of amides is 1. The molecule has 3 aliphatic rings. The number of carbonyl (C=O) groups is 1. The molecule has 1 fully saturated rings. The van der Waals surface area contributed by atoms with E-state index in [0.29, 0.717) is 6.04 Å². The number of nitrogens with zero attached hydrogens (tertiary/aromatic N) is 1. The van der Waals surface area contributed by atoms with Gasteiger partial charge in [-0.05, 0) is 68.8 Å². The van der Waals surface area contributed by atoms with Crippen molar-refractivity contribution in [1.29, 1.82) is 0 Å². The van der Waals surface area contributed by atoms with Crippen molar-refractivity contribution in [1.82, 2.24) is 10.2 Å². The van der Waals surface area contributed by atoms with Crippen LogP contribution in [0.15, 0.2) is 4.91 Å². The Morgan fingerprint density at radius 2 is 2.17 bits per heavy atom. The third-order valence-corrected chi connectivity index (χ3v) is 7.90. The Morgan fingerprint density at radius 3 is 3.04 bits per heavy atom. The molecule has 5 heteroatoms. The van der Waals surface area contributed by atoms with Gasteiger partial charge in [0.05, 0.1) is 4.91 Å². The van der Waals surface area contributed by atoms with Crippen molar-refractivity contribution in [2.24, 2.45) is 0 Å². The Labute approximate surface area is 152 Å². The lowest BCUT2D eigenvalue weighted by atomic mass is 9.95. The van der Waals surface area contributed by atoms with Gasteiger partial charge in [-0.3, -0.25) is 9.69 Å². The van der Waals surface area contributed by atoms with Crippen LogP contribution in [0.3, 0.4) is 0 Å². The maximum Gasteiger partial charge on any atom is 0.257 e. The maximum atomic E-state index is 12.6. The summed E-state index contributed by atoms with van der Waals surface area (Å²) in [6.07, 6.45) is 9.75. The van der Waals surface area contributed by atoms with Crippen molar-refractivity contribution in [3.63, 3.8) is 0 Å². The van der Waals surface area contributed by atoms with Crippen molar-refractivity contribution in [2.45, 2.75) is 57.2 Å². The number of carbonyl (C=O) groups excluding carboxylic acids is 1. The lowest BCUT2D eigenvalue weighted by Gasteiger charge is -2.23. The standard InChI is InChI=1S/C19H26N2OS2/c1-2-21-9-5-6-13(21)11-20-19(22)18-10-17-15(12-23-18)14-7-3-4-8-16(14)24-17/h10,13H,2-9,11-12H2,1H3,(H,20,22). The second kappa shape index (κ2) is 7.22. The number of thioether (sulfide) groups is 1. The number of likely N-dealkylation sites (N-methyl/N-ethyl adjacent to an activating group) is 1. The summed E-state index contributed by atoms with van der Waals surface area (Å²) >= 11 is 3.65. The minimum absolute atomic E-state index is 0.125. The minimum Gasteiger partial charge on any atom is -0.350 e. The van der Waals surface area contributed by atoms with Crippen LogP contribution in [0.4, 0.5) is 0 Å². The lowest BCUT2D eigenvalue weighted by Crippen LogP contribution is -2.40. The summed E-state index contributed by atoms with van der Waals surface area (Å²) in [4.78, 5) is 18.9. The SMILES string of the molecule is CCN1CCCC1CNC(=O)C1=Cc2sc3c(c2CS1)CCCC3. The number of thiophene rings is 1. The Balaban J connectivity index is 1.43. The fourth-order valence-corrected chi connectivity index (χ4v) is 6.76. The van der Waals surface area contributed by atoms with Gasteiger partial charge in [0, 0.05) is 28.1 Å². The van der Waals surface area contributed by atoms with Gasteiger partial charge in [0.15, 0.2) is 0 Å². The van der Waals surface area contributed by atoms with Gasteiger partial charge < -0.3 is 5.32 Å². The van der Waals surface area contributed by atoms with Crippen LogP contribution in [0.5, 0.6) is 0 Å². The van der Waals surface area contributed by atoms with Crippen LogP contribution in [0.1, 0.15) is 53.5 Å². The van der Waals surface area contributed by atoms with E-state index in [-0.39, 0.29) is 5.91 Å². The van der Waals surface area contributed by atoms with Crippen molar-refractivity contribution in [3.8, 4) is 0 Å². The molecular formula is C19H26N2OS2. The van der Waals surface area contributed by atoms with Crippen LogP contribution < -0.4 is 5.32 Å². The van der Waals surface area contributed by atoms with E-state index < -0.39 is 0 Å². The molecule has 1 aromatic rings. The third kappa shape index (κ3) is 3.18. The van der Waals surface area contributed by atoms with Crippen LogP contribution in [0, 0.1) is 0 Å². The highest BCUT2D eigenvalue weighted by Crippen LogP contribution is 2.42. The van der Waals surface area contributed by atoms with E-state index in [2.05, 4.69) is 23.2 Å². The Kier molecular flexibility index (Phi) is 5.02. The third-order valence-electron chi connectivity index (χ3n) is 5.57. The van der Waals surface area contributed by atoms with E-state index in [0.717, 1.165) is 23.7 Å². The van der Waals surface area contributed by atoms with Crippen LogP contribution in [0.25, 0.3) is 6.08 Å². The van der Waals surface area contributed by atoms with E-state index in [9.17, 15) is 4.79 Å². The monoisotopic (exact) mass is 362 g/mol. The number of rotatable bonds is 4. The van der Waals surface area contributed by atoms with Gasteiger partial charge in [-0.2, -0.15) is 0 Å². The van der Waals surface area contributed by atoms with Gasteiger partial charge in [-0.15, -0.1) is 23.1 Å². The second-order valence-electron chi connectivity index (χ2n) is 6.99. The summed E-state index contributed by atoms with van der Waals surface area (Å²) in [5, 5.41) is 3.19. The first-order valence-corrected chi connectivity index (χ1v) is 11.1. The average Bonchev–Trinajstić information content (AvgIpc) is 3.22. The number of hydrogen-bond donors (Lipinski definition) is 1. The summed E-state index contributed by atoms with van der Waals surface area (Å²) in [5.41, 5.74) is 3.12. The first-order valence-electron chi connectivity index (χ1n) is 9.26. The average molecular weight is 363 g/mol. The summed E-state index contributed by atoms with van der Waals surface area (Å²) in [6, 6.07) is 0.526. The molecule has 1 aliphatic carbocycles. The molecule has 1 atom stereocenters. The van der Waals surface area contributed by atoms with Gasteiger partial charge in [0.2, 0.25) is 0 Å². The van der Waals surface area contributed by atoms with Crippen molar-refractivity contribution in [2.75, 3.05) is 19.6 Å². The number of aryl methyl sites for hydroxylation is 1. The maximum absolute atomic E-state index is 12.6. The van der Waals surface area contributed by atoms with Gasteiger partial charge in [-0.25, -0.2) is 0 Å². The number of fused-ring (bicyclic) bond motifs is 3. The molecule has 130 valence electrons. The van der Waals surface area contributed by atoms with Crippen LogP contribution in [-0.2, 0) is 23.4 Å². The van der Waals surface area contributed by atoms with Gasteiger partial charge in [0.1, 0.15) is 0 Å². The molecule has 24 heavy (non-hydrogen) atoms. The zero-order valence-electron chi connectivity index (χ0n) is 14.4. The molecule has 1 amide bonds. The molecule has 1 saturated heterocycles. The highest BCUT2D eigenvalue weighted by molar-refractivity contribution is 8.03. The van der Waals surface area contributed by atoms with Crippen molar-refractivity contribution in [3.05, 3.63) is 25.8 Å². The van der Waals surface area contributed by atoms with Crippen LogP contribution in [-0.4, -0.2) is 36.5 Å². The predicted octanol–water partition coefficient (Wildman–Crippen LogP) is 3.82. The highest BCUT2D eigenvalue weighted by atomic mass is 32.2. The largest absolute Gasteiger partial charge is 0.350 e. The van der Waals surface area contributed by atoms with Crippen molar-refractivity contribution >= 4 is 35.1 Å².